The molecular weight excluding hydrogens is 186 g/mol. The van der Waals surface area contributed by atoms with E-state index in [0.717, 1.165) is 5.56 Å². The number of nitrogens with one attached hydrogen (secondary N) is 1. The second-order valence-corrected chi connectivity index (χ2v) is 3.70. The first-order chi connectivity index (χ1) is 7.25. The van der Waals surface area contributed by atoms with Crippen molar-refractivity contribution < 1.29 is 4.79 Å². The van der Waals surface area contributed by atoms with Gasteiger partial charge in [-0.05, 0) is 36.1 Å². The van der Waals surface area contributed by atoms with Crippen molar-refractivity contribution >= 4 is 5.91 Å². The monoisotopic (exact) mass is 199 g/mol. The van der Waals surface area contributed by atoms with Crippen molar-refractivity contribution in [1.29, 1.82) is 0 Å². The minimum atomic E-state index is -0.0403. The van der Waals surface area contributed by atoms with E-state index in [1.807, 2.05) is 6.07 Å². The highest BCUT2D eigenvalue weighted by Gasteiger charge is 2.11. The Morgan fingerprint density at radius 2 is 2.20 bits per heavy atom. The van der Waals surface area contributed by atoms with Crippen molar-refractivity contribution in [2.24, 2.45) is 0 Å². The Bertz CT molecular complexity index is 451. The molecule has 0 radical (unpaired) electrons. The van der Waals surface area contributed by atoms with E-state index in [1.54, 1.807) is 0 Å². The summed E-state index contributed by atoms with van der Waals surface area (Å²) >= 11 is 0. The van der Waals surface area contributed by atoms with Gasteiger partial charge in [0.05, 0.1) is 6.54 Å². The molecule has 1 aromatic carbocycles. The standard InChI is InChI=1S/C13H13NO/c1-10(15)14-8-2-3-11-4-5-12-6-7-13(12)9-11/h4-5,9H,6-8H2,1H3,(H,14,15). The third-order valence-corrected chi connectivity index (χ3v) is 2.53. The summed E-state index contributed by atoms with van der Waals surface area (Å²) in [6.07, 6.45) is 2.38. The Hall–Kier alpha value is -1.75. The maximum Gasteiger partial charge on any atom is 0.217 e. The van der Waals surface area contributed by atoms with Gasteiger partial charge in [0.2, 0.25) is 5.91 Å². The van der Waals surface area contributed by atoms with Gasteiger partial charge in [-0.3, -0.25) is 4.79 Å². The molecule has 1 aromatic rings. The van der Waals surface area contributed by atoms with Crippen molar-refractivity contribution in [2.45, 2.75) is 19.8 Å². The number of aryl methyl sites for hydroxylation is 2. The van der Waals surface area contributed by atoms with Crippen molar-refractivity contribution in [3.05, 3.63) is 34.9 Å². The summed E-state index contributed by atoms with van der Waals surface area (Å²) in [6, 6.07) is 6.32. The number of carbonyl (C=O) groups is 1. The maximum atomic E-state index is 10.6. The number of hydrogen-bond donors (Lipinski definition) is 1. The van der Waals surface area contributed by atoms with Crippen molar-refractivity contribution in [2.75, 3.05) is 6.54 Å². The largest absolute Gasteiger partial charge is 0.345 e. The highest BCUT2D eigenvalue weighted by molar-refractivity contribution is 5.73. The lowest BCUT2D eigenvalue weighted by molar-refractivity contribution is -0.118. The fourth-order valence-electron chi connectivity index (χ4n) is 1.59. The lowest BCUT2D eigenvalue weighted by Gasteiger charge is -2.17. The number of rotatable bonds is 1. The molecule has 15 heavy (non-hydrogen) atoms. The summed E-state index contributed by atoms with van der Waals surface area (Å²) < 4.78 is 0. The van der Waals surface area contributed by atoms with Crippen LogP contribution in [0.4, 0.5) is 0 Å². The lowest BCUT2D eigenvalue weighted by Crippen LogP contribution is -2.19. The van der Waals surface area contributed by atoms with Gasteiger partial charge in [0.25, 0.3) is 0 Å². The van der Waals surface area contributed by atoms with Crippen molar-refractivity contribution in [3.8, 4) is 11.8 Å². The zero-order valence-corrected chi connectivity index (χ0v) is 8.76. The average Bonchev–Trinajstić information content (AvgIpc) is 2.16. The maximum absolute atomic E-state index is 10.6. The van der Waals surface area contributed by atoms with Gasteiger partial charge >= 0.3 is 0 Å². The van der Waals surface area contributed by atoms with E-state index >= 15 is 0 Å². The zero-order chi connectivity index (χ0) is 10.7. The Labute approximate surface area is 89.7 Å². The van der Waals surface area contributed by atoms with E-state index in [1.165, 1.54) is 30.9 Å². The summed E-state index contributed by atoms with van der Waals surface area (Å²) in [5.74, 6) is 5.92. The van der Waals surface area contributed by atoms with Gasteiger partial charge in [-0.2, -0.15) is 0 Å². The Morgan fingerprint density at radius 3 is 2.80 bits per heavy atom. The Morgan fingerprint density at radius 1 is 1.40 bits per heavy atom. The molecule has 2 heteroatoms. The van der Waals surface area contributed by atoms with Crippen molar-refractivity contribution in [1.82, 2.24) is 5.32 Å². The van der Waals surface area contributed by atoms with Gasteiger partial charge < -0.3 is 5.32 Å². The van der Waals surface area contributed by atoms with Gasteiger partial charge in [-0.25, -0.2) is 0 Å². The van der Waals surface area contributed by atoms with Crippen LogP contribution in [-0.2, 0) is 17.6 Å². The van der Waals surface area contributed by atoms with Crippen LogP contribution in [0.5, 0.6) is 0 Å². The topological polar surface area (TPSA) is 29.1 Å². The molecule has 0 heterocycles. The van der Waals surface area contributed by atoms with E-state index in [9.17, 15) is 4.79 Å². The van der Waals surface area contributed by atoms with Gasteiger partial charge in [0.1, 0.15) is 0 Å². The van der Waals surface area contributed by atoms with Crippen LogP contribution in [0.15, 0.2) is 18.2 Å². The number of hydrogen-bond acceptors (Lipinski definition) is 1. The third kappa shape index (κ3) is 2.38. The SMILES string of the molecule is CC(=O)NCC#Cc1ccc2c(c1)CC2. The molecule has 2 nitrogen and oxygen atoms in total. The number of carbonyl (C=O) groups excluding carboxylic acids is 1. The van der Waals surface area contributed by atoms with Gasteiger partial charge in [-0.15, -0.1) is 0 Å². The number of amides is 1. The molecule has 0 aromatic heterocycles. The first kappa shape index (κ1) is 9.79. The molecule has 0 saturated carbocycles. The highest BCUT2D eigenvalue weighted by Crippen LogP contribution is 2.23. The molecule has 76 valence electrons. The zero-order valence-electron chi connectivity index (χ0n) is 8.76. The van der Waals surface area contributed by atoms with E-state index in [-0.39, 0.29) is 5.91 Å². The van der Waals surface area contributed by atoms with E-state index < -0.39 is 0 Å². The molecular formula is C13H13NO. The Kier molecular flexibility index (Phi) is 2.73. The fourth-order valence-corrected chi connectivity index (χ4v) is 1.59. The van der Waals surface area contributed by atoms with Gasteiger partial charge in [0, 0.05) is 12.5 Å². The average molecular weight is 199 g/mol. The van der Waals surface area contributed by atoms with Crippen LogP contribution in [-0.4, -0.2) is 12.5 Å². The molecule has 0 bridgehead atoms. The molecule has 2 rings (SSSR count). The molecule has 1 N–H and O–H groups in total. The fraction of sp³-hybridized carbons (Fsp3) is 0.308. The molecule has 0 unspecified atom stereocenters. The normalized spacial score (nSPS) is 11.8. The van der Waals surface area contributed by atoms with E-state index in [2.05, 4.69) is 29.3 Å². The molecule has 0 aliphatic heterocycles. The predicted octanol–water partition coefficient (Wildman–Crippen LogP) is 1.27. The third-order valence-electron chi connectivity index (χ3n) is 2.53. The predicted molar refractivity (Wildman–Crippen MR) is 59.4 cm³/mol. The summed E-state index contributed by atoms with van der Waals surface area (Å²) in [7, 11) is 0. The van der Waals surface area contributed by atoms with Crippen LogP contribution in [0.25, 0.3) is 0 Å². The van der Waals surface area contributed by atoms with Gasteiger partial charge in [-0.1, -0.05) is 17.9 Å². The van der Waals surface area contributed by atoms with Crippen LogP contribution in [0.2, 0.25) is 0 Å². The molecule has 0 fully saturated rings. The quantitative estimate of drug-likeness (QED) is 0.678. The molecule has 0 spiro atoms. The molecule has 1 aliphatic carbocycles. The Balaban J connectivity index is 1.98. The summed E-state index contributed by atoms with van der Waals surface area (Å²) in [5, 5.41) is 2.64. The summed E-state index contributed by atoms with van der Waals surface area (Å²) in [6.45, 7) is 1.92. The molecule has 1 amide bonds. The van der Waals surface area contributed by atoms with E-state index in [4.69, 9.17) is 0 Å². The van der Waals surface area contributed by atoms with E-state index in [0.29, 0.717) is 6.54 Å². The van der Waals surface area contributed by atoms with Crippen molar-refractivity contribution in [3.63, 3.8) is 0 Å². The van der Waals surface area contributed by atoms with Crippen LogP contribution in [0.3, 0.4) is 0 Å². The molecule has 1 aliphatic rings. The number of benzene rings is 1. The second-order valence-electron chi connectivity index (χ2n) is 3.70. The van der Waals surface area contributed by atoms with Crippen LogP contribution < -0.4 is 5.32 Å². The highest BCUT2D eigenvalue weighted by atomic mass is 16.1. The first-order valence-electron chi connectivity index (χ1n) is 5.11. The smallest absolute Gasteiger partial charge is 0.217 e. The number of fused-ring (bicyclic) bond motifs is 1. The van der Waals surface area contributed by atoms with Crippen LogP contribution >= 0.6 is 0 Å². The second kappa shape index (κ2) is 4.18. The summed E-state index contributed by atoms with van der Waals surface area (Å²) in [4.78, 5) is 10.6. The molecule has 0 saturated heterocycles. The first-order valence-corrected chi connectivity index (χ1v) is 5.11. The minimum absolute atomic E-state index is 0.0403. The van der Waals surface area contributed by atoms with Crippen LogP contribution in [0, 0.1) is 11.8 Å². The van der Waals surface area contributed by atoms with Gasteiger partial charge in [0.15, 0.2) is 0 Å². The minimum Gasteiger partial charge on any atom is -0.345 e. The molecule has 0 atom stereocenters. The summed E-state index contributed by atoms with van der Waals surface area (Å²) in [5.41, 5.74) is 3.91. The van der Waals surface area contributed by atoms with Crippen LogP contribution in [0.1, 0.15) is 23.6 Å². The lowest BCUT2D eigenvalue weighted by atomic mass is 9.87.